The van der Waals surface area contributed by atoms with Gasteiger partial charge in [0, 0.05) is 36.5 Å². The van der Waals surface area contributed by atoms with E-state index in [1.807, 2.05) is 13.0 Å². The number of rotatable bonds is 3. The third-order valence-electron chi connectivity index (χ3n) is 4.95. The van der Waals surface area contributed by atoms with Crippen molar-refractivity contribution in [1.82, 2.24) is 25.0 Å². The van der Waals surface area contributed by atoms with Crippen LogP contribution in [0, 0.1) is 11.3 Å². The summed E-state index contributed by atoms with van der Waals surface area (Å²) in [6.45, 7) is 2.50. The Morgan fingerprint density at radius 3 is 3.04 bits per heavy atom. The quantitative estimate of drug-likeness (QED) is 0.726. The van der Waals surface area contributed by atoms with Crippen LogP contribution in [0.1, 0.15) is 47.6 Å². The maximum Gasteiger partial charge on any atom is 0.274 e. The van der Waals surface area contributed by atoms with E-state index in [1.165, 1.54) is 12.3 Å². The Morgan fingerprint density at radius 1 is 1.43 bits per heavy atom. The lowest BCUT2D eigenvalue weighted by molar-refractivity contribution is 0.0604. The van der Waals surface area contributed by atoms with Crippen LogP contribution in [0.25, 0.3) is 11.6 Å². The monoisotopic (exact) mass is 396 g/mol. The highest BCUT2D eigenvalue weighted by Gasteiger charge is 2.33. The lowest BCUT2D eigenvalue weighted by Crippen LogP contribution is -2.45. The maximum atomic E-state index is 13.0. The molecule has 4 rings (SSSR count). The van der Waals surface area contributed by atoms with E-state index in [4.69, 9.17) is 21.4 Å². The fourth-order valence-corrected chi connectivity index (χ4v) is 3.56. The van der Waals surface area contributed by atoms with Crippen molar-refractivity contribution in [2.75, 3.05) is 6.54 Å². The van der Waals surface area contributed by atoms with E-state index in [1.54, 1.807) is 23.2 Å². The average molecular weight is 397 g/mol. The maximum absolute atomic E-state index is 13.0. The van der Waals surface area contributed by atoms with E-state index in [-0.39, 0.29) is 23.6 Å². The molecule has 3 aromatic rings. The van der Waals surface area contributed by atoms with E-state index in [2.05, 4.69) is 20.1 Å². The van der Waals surface area contributed by atoms with Gasteiger partial charge in [0.25, 0.3) is 11.8 Å². The van der Waals surface area contributed by atoms with Gasteiger partial charge in [0.15, 0.2) is 5.82 Å². The Kier molecular flexibility index (Phi) is 4.84. The van der Waals surface area contributed by atoms with Crippen LogP contribution in [-0.4, -0.2) is 43.5 Å². The second kappa shape index (κ2) is 7.44. The standard InChI is InChI=1S/C19H17ClN6O2/c1-11-2-3-13(17-24-18(28-25-17)16-7-14(20)9-23-16)10-26(11)19(27)12-4-5-22-15(6-12)8-21/h4-7,9,11,13,23H,2-3,10H2,1H3/t11-,13+/m1/s1. The molecule has 1 aliphatic heterocycles. The molecule has 1 N–H and O–H groups in total. The molecule has 0 aromatic carbocycles. The van der Waals surface area contributed by atoms with Crippen molar-refractivity contribution in [3.8, 4) is 17.7 Å². The lowest BCUT2D eigenvalue weighted by Gasteiger charge is -2.37. The summed E-state index contributed by atoms with van der Waals surface area (Å²) in [5.41, 5.74) is 1.33. The van der Waals surface area contributed by atoms with Gasteiger partial charge in [0.2, 0.25) is 0 Å². The summed E-state index contributed by atoms with van der Waals surface area (Å²) in [5.74, 6) is 0.778. The zero-order chi connectivity index (χ0) is 19.7. The van der Waals surface area contributed by atoms with E-state index < -0.39 is 0 Å². The predicted molar refractivity (Wildman–Crippen MR) is 101 cm³/mol. The van der Waals surface area contributed by atoms with E-state index >= 15 is 0 Å². The number of carbonyl (C=O) groups excluding carboxylic acids is 1. The Morgan fingerprint density at radius 2 is 2.29 bits per heavy atom. The molecular weight excluding hydrogens is 380 g/mol. The molecule has 2 atom stereocenters. The van der Waals surface area contributed by atoms with Gasteiger partial charge in [-0.05, 0) is 38.0 Å². The number of aromatic nitrogens is 4. The van der Waals surface area contributed by atoms with Crippen LogP contribution in [0.2, 0.25) is 5.02 Å². The lowest BCUT2D eigenvalue weighted by atomic mass is 9.92. The van der Waals surface area contributed by atoms with Crippen molar-refractivity contribution >= 4 is 17.5 Å². The van der Waals surface area contributed by atoms with Gasteiger partial charge in [-0.25, -0.2) is 4.98 Å². The Bertz CT molecular complexity index is 1050. The first kappa shape index (κ1) is 18.2. The number of nitrogens with one attached hydrogen (secondary N) is 1. The SMILES string of the molecule is C[C@@H]1CC[C@H](c2noc(-c3cc(Cl)c[nH]3)n2)CN1C(=O)c1ccnc(C#N)c1. The van der Waals surface area contributed by atoms with E-state index in [0.29, 0.717) is 34.5 Å². The van der Waals surface area contributed by atoms with Gasteiger partial charge in [-0.1, -0.05) is 16.8 Å². The van der Waals surface area contributed by atoms with Gasteiger partial charge in [-0.2, -0.15) is 10.2 Å². The number of carbonyl (C=O) groups is 1. The number of aromatic amines is 1. The molecule has 0 radical (unpaired) electrons. The molecule has 0 saturated carbocycles. The van der Waals surface area contributed by atoms with Crippen LogP contribution < -0.4 is 0 Å². The summed E-state index contributed by atoms with van der Waals surface area (Å²) < 4.78 is 5.36. The summed E-state index contributed by atoms with van der Waals surface area (Å²) in [6.07, 6.45) is 4.80. The second-order valence-electron chi connectivity index (χ2n) is 6.81. The van der Waals surface area contributed by atoms with Crippen molar-refractivity contribution in [2.24, 2.45) is 0 Å². The largest absolute Gasteiger partial charge is 0.356 e. The number of likely N-dealkylation sites (tertiary alicyclic amines) is 1. The van der Waals surface area contributed by atoms with Crippen LogP contribution in [0.4, 0.5) is 0 Å². The summed E-state index contributed by atoms with van der Waals surface area (Å²) in [5, 5.41) is 13.7. The van der Waals surface area contributed by atoms with Crippen molar-refractivity contribution in [1.29, 1.82) is 5.26 Å². The number of nitrogens with zero attached hydrogens (tertiary/aromatic N) is 5. The van der Waals surface area contributed by atoms with Crippen LogP contribution in [0.5, 0.6) is 0 Å². The molecule has 0 bridgehead atoms. The smallest absolute Gasteiger partial charge is 0.274 e. The molecular formula is C19H17ClN6O2. The zero-order valence-electron chi connectivity index (χ0n) is 15.1. The number of hydrogen-bond acceptors (Lipinski definition) is 6. The van der Waals surface area contributed by atoms with Gasteiger partial charge in [0.1, 0.15) is 17.5 Å². The molecule has 1 saturated heterocycles. The predicted octanol–water partition coefficient (Wildman–Crippen LogP) is 3.39. The minimum absolute atomic E-state index is 0.0274. The topological polar surface area (TPSA) is 112 Å². The molecule has 0 spiro atoms. The highest BCUT2D eigenvalue weighted by molar-refractivity contribution is 6.30. The first-order chi connectivity index (χ1) is 13.5. The van der Waals surface area contributed by atoms with Crippen LogP contribution in [0.3, 0.4) is 0 Å². The van der Waals surface area contributed by atoms with Gasteiger partial charge in [-0.15, -0.1) is 0 Å². The third kappa shape index (κ3) is 3.49. The number of amides is 1. The van der Waals surface area contributed by atoms with Gasteiger partial charge in [0.05, 0.1) is 5.02 Å². The van der Waals surface area contributed by atoms with Crippen molar-refractivity contribution in [3.05, 3.63) is 52.7 Å². The molecule has 8 nitrogen and oxygen atoms in total. The first-order valence-electron chi connectivity index (χ1n) is 8.90. The van der Waals surface area contributed by atoms with Gasteiger partial charge in [-0.3, -0.25) is 4.79 Å². The van der Waals surface area contributed by atoms with E-state index in [0.717, 1.165) is 12.8 Å². The molecule has 0 unspecified atom stereocenters. The number of H-pyrrole nitrogens is 1. The van der Waals surface area contributed by atoms with Crippen LogP contribution in [-0.2, 0) is 0 Å². The Labute approximate surface area is 166 Å². The summed E-state index contributed by atoms with van der Waals surface area (Å²) in [7, 11) is 0. The highest BCUT2D eigenvalue weighted by atomic mass is 35.5. The Balaban J connectivity index is 1.54. The molecule has 1 amide bonds. The van der Waals surface area contributed by atoms with E-state index in [9.17, 15) is 4.79 Å². The van der Waals surface area contributed by atoms with Crippen LogP contribution >= 0.6 is 11.6 Å². The fraction of sp³-hybridized carbons (Fsp3) is 0.316. The van der Waals surface area contributed by atoms with Crippen molar-refractivity contribution in [3.63, 3.8) is 0 Å². The molecule has 1 fully saturated rings. The highest BCUT2D eigenvalue weighted by Crippen LogP contribution is 2.31. The number of pyridine rings is 1. The minimum atomic E-state index is -0.129. The number of halogens is 1. The fourth-order valence-electron chi connectivity index (χ4n) is 3.39. The summed E-state index contributed by atoms with van der Waals surface area (Å²) >= 11 is 5.93. The number of hydrogen-bond donors (Lipinski definition) is 1. The Hall–Kier alpha value is -3.18. The summed E-state index contributed by atoms with van der Waals surface area (Å²) in [4.78, 5) is 26.2. The molecule has 3 aromatic heterocycles. The average Bonchev–Trinajstić information content (AvgIpc) is 3.37. The molecule has 28 heavy (non-hydrogen) atoms. The molecule has 0 aliphatic carbocycles. The van der Waals surface area contributed by atoms with Gasteiger partial charge < -0.3 is 14.4 Å². The number of piperidine rings is 1. The second-order valence-corrected chi connectivity index (χ2v) is 7.25. The normalized spacial score (nSPS) is 19.4. The first-order valence-corrected chi connectivity index (χ1v) is 9.28. The molecule has 9 heteroatoms. The van der Waals surface area contributed by atoms with Crippen molar-refractivity contribution in [2.45, 2.75) is 31.7 Å². The molecule has 1 aliphatic rings. The molecule has 4 heterocycles. The summed E-state index contributed by atoms with van der Waals surface area (Å²) in [6, 6.07) is 6.90. The minimum Gasteiger partial charge on any atom is -0.356 e. The third-order valence-corrected chi connectivity index (χ3v) is 5.17. The number of nitriles is 1. The molecule has 142 valence electrons. The van der Waals surface area contributed by atoms with Crippen molar-refractivity contribution < 1.29 is 9.32 Å². The van der Waals surface area contributed by atoms with Crippen LogP contribution in [0.15, 0.2) is 35.1 Å². The van der Waals surface area contributed by atoms with Gasteiger partial charge >= 0.3 is 0 Å². The zero-order valence-corrected chi connectivity index (χ0v) is 15.8.